The predicted octanol–water partition coefficient (Wildman–Crippen LogP) is 2.28. The Morgan fingerprint density at radius 2 is 2.33 bits per heavy atom. The monoisotopic (exact) mass is 318 g/mol. The lowest BCUT2D eigenvalue weighted by Gasteiger charge is -2.14. The van der Waals surface area contributed by atoms with Crippen LogP contribution in [0.25, 0.3) is 0 Å². The molecular weight excluding hydrogens is 303 g/mol. The van der Waals surface area contributed by atoms with Crippen LogP contribution < -0.4 is 11.1 Å². The van der Waals surface area contributed by atoms with E-state index in [4.69, 9.17) is 10.5 Å². The molecule has 1 amide bonds. The molecule has 0 aliphatic rings. The van der Waals surface area contributed by atoms with Crippen molar-refractivity contribution in [2.45, 2.75) is 19.4 Å². The number of carbonyl (C=O) groups is 1. The summed E-state index contributed by atoms with van der Waals surface area (Å²) in [5.41, 5.74) is 5.88. The highest BCUT2D eigenvalue weighted by Crippen LogP contribution is 2.19. The zero-order valence-electron chi connectivity index (χ0n) is 10.1. The maximum absolute atomic E-state index is 13.2. The average Bonchev–Trinajstić information content (AvgIpc) is 2.33. The fraction of sp³-hybridized carbons (Fsp3) is 0.417. The Hall–Kier alpha value is -0.980. The lowest BCUT2D eigenvalue weighted by molar-refractivity contribution is -0.118. The number of rotatable bonds is 6. The van der Waals surface area contributed by atoms with Gasteiger partial charge in [-0.15, -0.1) is 0 Å². The minimum atomic E-state index is -0.423. The van der Waals surface area contributed by atoms with Gasteiger partial charge in [0.15, 0.2) is 0 Å². The number of anilines is 1. The minimum Gasteiger partial charge on any atom is -0.377 e. The van der Waals surface area contributed by atoms with Gasteiger partial charge in [0, 0.05) is 18.8 Å². The molecule has 18 heavy (non-hydrogen) atoms. The number of ether oxygens (including phenoxy) is 1. The van der Waals surface area contributed by atoms with Gasteiger partial charge in [0.1, 0.15) is 5.82 Å². The molecule has 0 aromatic heterocycles. The maximum atomic E-state index is 13.2. The maximum Gasteiger partial charge on any atom is 0.227 e. The van der Waals surface area contributed by atoms with E-state index in [1.54, 1.807) is 6.07 Å². The number of nitrogens with two attached hydrogens (primary N) is 1. The van der Waals surface area contributed by atoms with Crippen molar-refractivity contribution in [3.63, 3.8) is 0 Å². The summed E-state index contributed by atoms with van der Waals surface area (Å²) in [5.74, 6) is -0.673. The molecule has 0 aliphatic heterocycles. The Morgan fingerprint density at radius 3 is 2.89 bits per heavy atom. The van der Waals surface area contributed by atoms with Crippen LogP contribution in [-0.4, -0.2) is 25.2 Å². The van der Waals surface area contributed by atoms with E-state index >= 15 is 0 Å². The summed E-state index contributed by atoms with van der Waals surface area (Å²) >= 11 is 3.04. The zero-order chi connectivity index (χ0) is 13.5. The molecular formula is C12H16BrFN2O2. The molecule has 0 saturated carbocycles. The fourth-order valence-electron chi connectivity index (χ4n) is 1.44. The Balaban J connectivity index is 2.55. The van der Waals surface area contributed by atoms with Crippen molar-refractivity contribution in [3.8, 4) is 0 Å². The normalized spacial score (nSPS) is 12.2. The first-order valence-electron chi connectivity index (χ1n) is 5.63. The summed E-state index contributed by atoms with van der Waals surface area (Å²) in [6.07, 6.45) is -0.155. The van der Waals surface area contributed by atoms with Crippen LogP contribution in [0.5, 0.6) is 0 Å². The van der Waals surface area contributed by atoms with Crippen LogP contribution in [0.2, 0.25) is 0 Å². The molecule has 0 aliphatic carbocycles. The molecule has 0 bridgehead atoms. The van der Waals surface area contributed by atoms with Crippen LogP contribution >= 0.6 is 15.9 Å². The number of carbonyl (C=O) groups excluding carboxylic acids is 1. The van der Waals surface area contributed by atoms with Crippen LogP contribution in [0.1, 0.15) is 13.3 Å². The molecule has 1 aromatic rings. The second-order valence-corrected chi connectivity index (χ2v) is 4.55. The Morgan fingerprint density at radius 1 is 1.61 bits per heavy atom. The van der Waals surface area contributed by atoms with Crippen molar-refractivity contribution in [3.05, 3.63) is 28.5 Å². The van der Waals surface area contributed by atoms with Crippen molar-refractivity contribution in [1.82, 2.24) is 0 Å². The topological polar surface area (TPSA) is 64.3 Å². The van der Waals surface area contributed by atoms with Crippen LogP contribution in [-0.2, 0) is 9.53 Å². The zero-order valence-corrected chi connectivity index (χ0v) is 11.7. The van der Waals surface area contributed by atoms with E-state index < -0.39 is 5.82 Å². The standard InChI is InChI=1S/C12H16BrFN2O2/c1-2-18-9(7-15)6-12(17)16-8-3-4-10(13)11(14)5-8/h3-5,9H,2,6-7,15H2,1H3,(H,16,17). The molecule has 1 atom stereocenters. The van der Waals surface area contributed by atoms with Crippen molar-refractivity contribution < 1.29 is 13.9 Å². The van der Waals surface area contributed by atoms with Gasteiger partial charge in [-0.3, -0.25) is 4.79 Å². The number of halogens is 2. The quantitative estimate of drug-likeness (QED) is 0.845. The molecule has 0 spiro atoms. The summed E-state index contributed by atoms with van der Waals surface area (Å²) < 4.78 is 18.9. The summed E-state index contributed by atoms with van der Waals surface area (Å²) in [6.45, 7) is 2.61. The number of benzene rings is 1. The van der Waals surface area contributed by atoms with Gasteiger partial charge in [0.05, 0.1) is 17.0 Å². The van der Waals surface area contributed by atoms with Gasteiger partial charge in [-0.25, -0.2) is 4.39 Å². The molecule has 6 heteroatoms. The minimum absolute atomic E-state index is 0.155. The van der Waals surface area contributed by atoms with Crippen molar-refractivity contribution in [1.29, 1.82) is 0 Å². The van der Waals surface area contributed by atoms with E-state index in [-0.39, 0.29) is 25.0 Å². The SMILES string of the molecule is CCOC(CN)CC(=O)Nc1ccc(Br)c(F)c1. The average molecular weight is 319 g/mol. The van der Waals surface area contributed by atoms with Crippen LogP contribution in [0.15, 0.2) is 22.7 Å². The molecule has 4 nitrogen and oxygen atoms in total. The lowest BCUT2D eigenvalue weighted by atomic mass is 10.2. The second kappa shape index (κ2) is 7.45. The number of amides is 1. The van der Waals surface area contributed by atoms with Gasteiger partial charge in [-0.2, -0.15) is 0 Å². The van der Waals surface area contributed by atoms with Gasteiger partial charge in [-0.05, 0) is 41.1 Å². The van der Waals surface area contributed by atoms with Crippen molar-refractivity contribution >= 4 is 27.5 Å². The smallest absolute Gasteiger partial charge is 0.227 e. The van der Waals surface area contributed by atoms with E-state index in [0.717, 1.165) is 0 Å². The number of hydrogen-bond acceptors (Lipinski definition) is 3. The largest absolute Gasteiger partial charge is 0.377 e. The van der Waals surface area contributed by atoms with Gasteiger partial charge in [-0.1, -0.05) is 0 Å². The van der Waals surface area contributed by atoms with E-state index in [9.17, 15) is 9.18 Å². The van der Waals surface area contributed by atoms with E-state index in [0.29, 0.717) is 16.8 Å². The van der Waals surface area contributed by atoms with Gasteiger partial charge < -0.3 is 15.8 Å². The third kappa shape index (κ3) is 4.72. The molecule has 0 heterocycles. The van der Waals surface area contributed by atoms with Crippen LogP contribution in [0, 0.1) is 5.82 Å². The summed E-state index contributed by atoms with van der Waals surface area (Å²) in [6, 6.07) is 4.40. The first kappa shape index (κ1) is 15.1. The van der Waals surface area contributed by atoms with Gasteiger partial charge in [0.25, 0.3) is 0 Å². The molecule has 1 unspecified atom stereocenters. The Bertz CT molecular complexity index is 415. The van der Waals surface area contributed by atoms with Crippen LogP contribution in [0.3, 0.4) is 0 Å². The van der Waals surface area contributed by atoms with E-state index in [2.05, 4.69) is 21.2 Å². The Labute approximate surface area is 114 Å². The summed E-state index contributed by atoms with van der Waals surface area (Å²) in [5, 5.41) is 2.60. The lowest BCUT2D eigenvalue weighted by Crippen LogP contribution is -2.29. The predicted molar refractivity (Wildman–Crippen MR) is 71.8 cm³/mol. The number of nitrogens with one attached hydrogen (secondary N) is 1. The highest BCUT2D eigenvalue weighted by Gasteiger charge is 2.12. The molecule has 100 valence electrons. The molecule has 1 rings (SSSR count). The van der Waals surface area contributed by atoms with Crippen LogP contribution in [0.4, 0.5) is 10.1 Å². The van der Waals surface area contributed by atoms with Crippen molar-refractivity contribution in [2.75, 3.05) is 18.5 Å². The molecule has 1 aromatic carbocycles. The summed E-state index contributed by atoms with van der Waals surface area (Å²) in [4.78, 5) is 11.7. The molecule has 0 saturated heterocycles. The highest BCUT2D eigenvalue weighted by atomic mass is 79.9. The highest BCUT2D eigenvalue weighted by molar-refractivity contribution is 9.10. The third-order valence-electron chi connectivity index (χ3n) is 2.28. The van der Waals surface area contributed by atoms with E-state index in [1.165, 1.54) is 12.1 Å². The third-order valence-corrected chi connectivity index (χ3v) is 2.92. The molecule has 3 N–H and O–H groups in total. The van der Waals surface area contributed by atoms with Gasteiger partial charge in [0.2, 0.25) is 5.91 Å². The fourth-order valence-corrected chi connectivity index (χ4v) is 1.69. The molecule has 0 fully saturated rings. The first-order valence-corrected chi connectivity index (χ1v) is 6.42. The second-order valence-electron chi connectivity index (χ2n) is 3.69. The number of hydrogen-bond donors (Lipinski definition) is 2. The van der Waals surface area contributed by atoms with Gasteiger partial charge >= 0.3 is 0 Å². The first-order chi connectivity index (χ1) is 8.56. The van der Waals surface area contributed by atoms with Crippen molar-refractivity contribution in [2.24, 2.45) is 5.73 Å². The Kier molecular flexibility index (Phi) is 6.24. The van der Waals surface area contributed by atoms with E-state index in [1.807, 2.05) is 6.92 Å². The molecule has 0 radical (unpaired) electrons. The summed E-state index contributed by atoms with van der Waals surface area (Å²) in [7, 11) is 0.